The Labute approximate surface area is 59.4 Å². The first-order chi connectivity index (χ1) is 4.74. The summed E-state index contributed by atoms with van der Waals surface area (Å²) in [6.45, 7) is 1.53. The average Bonchev–Trinajstić information content (AvgIpc) is 2.34. The second-order valence-corrected chi connectivity index (χ2v) is 2.09. The fourth-order valence-corrected chi connectivity index (χ4v) is 0.746. The summed E-state index contributed by atoms with van der Waals surface area (Å²) in [5.74, 6) is 0.923. The number of aromatic nitrogens is 1. The number of Topliss-reactive ketones (excluding diaryl/α,β-unsaturated/α-hetero) is 1. The van der Waals surface area contributed by atoms with E-state index >= 15 is 0 Å². The zero-order valence-electron chi connectivity index (χ0n) is 6.06. The highest BCUT2D eigenvalue weighted by atomic mass is 16.1. The zero-order valence-corrected chi connectivity index (χ0v) is 6.06. The molecule has 0 aliphatic heterocycles. The summed E-state index contributed by atoms with van der Waals surface area (Å²) >= 11 is 0. The van der Waals surface area contributed by atoms with E-state index in [1.807, 2.05) is 6.07 Å². The first-order valence-electron chi connectivity index (χ1n) is 3.11. The molecule has 54 valence electrons. The number of carbonyl (C=O) groups is 1. The molecule has 0 aliphatic carbocycles. The molecule has 0 saturated heterocycles. The summed E-state index contributed by atoms with van der Waals surface area (Å²) in [5.41, 5.74) is 0.643. The highest BCUT2D eigenvalue weighted by molar-refractivity contribution is 5.92. The Balaban J connectivity index is 2.88. The van der Waals surface area contributed by atoms with Crippen LogP contribution in [-0.2, 0) is 0 Å². The van der Waals surface area contributed by atoms with E-state index in [-0.39, 0.29) is 5.78 Å². The van der Waals surface area contributed by atoms with Gasteiger partial charge in [0.25, 0.3) is 0 Å². The predicted molar refractivity (Wildman–Crippen MR) is 40.3 cm³/mol. The number of ketones is 1. The van der Waals surface area contributed by atoms with Crippen molar-refractivity contribution in [1.82, 2.24) is 4.98 Å². The van der Waals surface area contributed by atoms with Crippen LogP contribution >= 0.6 is 0 Å². The van der Waals surface area contributed by atoms with E-state index in [1.54, 1.807) is 13.1 Å². The first-order valence-corrected chi connectivity index (χ1v) is 3.11. The molecular weight excluding hydrogens is 128 g/mol. The molecule has 0 fully saturated rings. The minimum atomic E-state index is 0.0569. The Kier molecular flexibility index (Phi) is 1.76. The summed E-state index contributed by atoms with van der Waals surface area (Å²) in [7, 11) is 1.80. The minimum absolute atomic E-state index is 0.0569. The highest BCUT2D eigenvalue weighted by Gasteiger charge is 1.99. The zero-order chi connectivity index (χ0) is 7.56. The van der Waals surface area contributed by atoms with E-state index in [4.69, 9.17) is 0 Å². The predicted octanol–water partition coefficient (Wildman–Crippen LogP) is 1.26. The maximum atomic E-state index is 10.7. The number of nitrogens with one attached hydrogen (secondary N) is 2. The lowest BCUT2D eigenvalue weighted by molar-refractivity contribution is 0.101. The number of hydrogen-bond donors (Lipinski definition) is 2. The minimum Gasteiger partial charge on any atom is -0.375 e. The van der Waals surface area contributed by atoms with E-state index in [0.29, 0.717) is 5.69 Å². The maximum absolute atomic E-state index is 10.7. The summed E-state index contributed by atoms with van der Waals surface area (Å²) in [4.78, 5) is 13.6. The van der Waals surface area contributed by atoms with E-state index < -0.39 is 0 Å². The Morgan fingerprint density at radius 1 is 1.60 bits per heavy atom. The quantitative estimate of drug-likeness (QED) is 0.604. The van der Waals surface area contributed by atoms with Crippen molar-refractivity contribution in [3.8, 4) is 0 Å². The van der Waals surface area contributed by atoms with Crippen molar-refractivity contribution in [3.63, 3.8) is 0 Å². The van der Waals surface area contributed by atoms with Crippen LogP contribution in [0.4, 0.5) is 5.82 Å². The van der Waals surface area contributed by atoms with Gasteiger partial charge in [0.15, 0.2) is 5.78 Å². The molecule has 2 N–H and O–H groups in total. The molecule has 0 aromatic carbocycles. The van der Waals surface area contributed by atoms with Gasteiger partial charge in [-0.25, -0.2) is 0 Å². The van der Waals surface area contributed by atoms with Gasteiger partial charge in [0.1, 0.15) is 5.82 Å². The summed E-state index contributed by atoms with van der Waals surface area (Å²) < 4.78 is 0. The van der Waals surface area contributed by atoms with Crippen molar-refractivity contribution in [2.75, 3.05) is 12.4 Å². The van der Waals surface area contributed by atoms with Gasteiger partial charge in [0.2, 0.25) is 0 Å². The van der Waals surface area contributed by atoms with E-state index in [9.17, 15) is 4.79 Å². The summed E-state index contributed by atoms with van der Waals surface area (Å²) in [5, 5.41) is 2.89. The third-order valence-electron chi connectivity index (χ3n) is 1.33. The second kappa shape index (κ2) is 2.56. The SMILES string of the molecule is CNc1ccc(C(C)=O)[nH]1. The molecule has 0 atom stereocenters. The van der Waals surface area contributed by atoms with Crippen molar-refractivity contribution in [1.29, 1.82) is 0 Å². The lowest BCUT2D eigenvalue weighted by Gasteiger charge is -1.91. The lowest BCUT2D eigenvalue weighted by Crippen LogP contribution is -1.93. The van der Waals surface area contributed by atoms with Crippen molar-refractivity contribution in [2.45, 2.75) is 6.92 Å². The Hall–Kier alpha value is -1.25. The molecule has 1 heterocycles. The number of rotatable bonds is 2. The number of carbonyl (C=O) groups excluding carboxylic acids is 1. The van der Waals surface area contributed by atoms with E-state index in [1.165, 1.54) is 6.92 Å². The molecule has 0 radical (unpaired) electrons. The van der Waals surface area contributed by atoms with Crippen molar-refractivity contribution in [3.05, 3.63) is 17.8 Å². The molecule has 3 heteroatoms. The molecule has 1 rings (SSSR count). The van der Waals surface area contributed by atoms with Gasteiger partial charge in [0.05, 0.1) is 5.69 Å². The van der Waals surface area contributed by atoms with Gasteiger partial charge in [-0.15, -0.1) is 0 Å². The van der Waals surface area contributed by atoms with Gasteiger partial charge in [0, 0.05) is 14.0 Å². The molecular formula is C7H10N2O. The van der Waals surface area contributed by atoms with E-state index in [2.05, 4.69) is 10.3 Å². The standard InChI is InChI=1S/C7H10N2O/c1-5(10)6-3-4-7(8-2)9-6/h3-4,8-9H,1-2H3. The molecule has 0 bridgehead atoms. The fourth-order valence-electron chi connectivity index (χ4n) is 0.746. The topological polar surface area (TPSA) is 44.9 Å². The third kappa shape index (κ3) is 1.18. The molecule has 0 amide bonds. The van der Waals surface area contributed by atoms with Crippen molar-refractivity contribution < 1.29 is 4.79 Å². The van der Waals surface area contributed by atoms with Gasteiger partial charge >= 0.3 is 0 Å². The average molecular weight is 138 g/mol. The number of anilines is 1. The molecule has 0 aliphatic rings. The van der Waals surface area contributed by atoms with Crippen LogP contribution in [0.25, 0.3) is 0 Å². The second-order valence-electron chi connectivity index (χ2n) is 2.09. The Bertz CT molecular complexity index is 240. The summed E-state index contributed by atoms with van der Waals surface area (Å²) in [6.07, 6.45) is 0. The van der Waals surface area contributed by atoms with Gasteiger partial charge in [-0.3, -0.25) is 4.79 Å². The molecule has 1 aromatic heterocycles. The van der Waals surface area contributed by atoms with Crippen LogP contribution in [0.15, 0.2) is 12.1 Å². The van der Waals surface area contributed by atoms with Gasteiger partial charge in [-0.05, 0) is 12.1 Å². The third-order valence-corrected chi connectivity index (χ3v) is 1.33. The smallest absolute Gasteiger partial charge is 0.175 e. The van der Waals surface area contributed by atoms with Gasteiger partial charge < -0.3 is 10.3 Å². The van der Waals surface area contributed by atoms with Gasteiger partial charge in [-0.1, -0.05) is 0 Å². The highest BCUT2D eigenvalue weighted by Crippen LogP contribution is 2.05. The van der Waals surface area contributed by atoms with Crippen LogP contribution in [0.5, 0.6) is 0 Å². The van der Waals surface area contributed by atoms with E-state index in [0.717, 1.165) is 5.82 Å². The summed E-state index contributed by atoms with van der Waals surface area (Å²) in [6, 6.07) is 3.59. The van der Waals surface area contributed by atoms with Crippen molar-refractivity contribution >= 4 is 11.6 Å². The van der Waals surface area contributed by atoms with Crippen LogP contribution < -0.4 is 5.32 Å². The molecule has 0 unspecified atom stereocenters. The molecule has 1 aromatic rings. The van der Waals surface area contributed by atoms with Crippen molar-refractivity contribution in [2.24, 2.45) is 0 Å². The monoisotopic (exact) mass is 138 g/mol. The Morgan fingerprint density at radius 2 is 2.30 bits per heavy atom. The Morgan fingerprint density at radius 3 is 2.60 bits per heavy atom. The normalized spacial score (nSPS) is 9.40. The van der Waals surface area contributed by atoms with Crippen LogP contribution in [0.1, 0.15) is 17.4 Å². The van der Waals surface area contributed by atoms with Gasteiger partial charge in [-0.2, -0.15) is 0 Å². The number of aromatic amines is 1. The van der Waals surface area contributed by atoms with Crippen LogP contribution in [0.2, 0.25) is 0 Å². The van der Waals surface area contributed by atoms with Crippen LogP contribution in [-0.4, -0.2) is 17.8 Å². The largest absolute Gasteiger partial charge is 0.375 e. The van der Waals surface area contributed by atoms with Crippen LogP contribution in [0, 0.1) is 0 Å². The fraction of sp³-hybridized carbons (Fsp3) is 0.286. The lowest BCUT2D eigenvalue weighted by atomic mass is 10.3. The maximum Gasteiger partial charge on any atom is 0.175 e. The first kappa shape index (κ1) is 6.86. The van der Waals surface area contributed by atoms with Crippen LogP contribution in [0.3, 0.4) is 0 Å². The molecule has 0 saturated carbocycles. The number of hydrogen-bond acceptors (Lipinski definition) is 2. The molecule has 0 spiro atoms. The molecule has 3 nitrogen and oxygen atoms in total. The number of H-pyrrole nitrogens is 1. The molecule has 10 heavy (non-hydrogen) atoms.